The van der Waals surface area contributed by atoms with Gasteiger partial charge < -0.3 is 10.5 Å². The summed E-state index contributed by atoms with van der Waals surface area (Å²) in [6.07, 6.45) is 2.56. The van der Waals surface area contributed by atoms with Gasteiger partial charge in [0, 0.05) is 6.20 Å². The number of nitrogen functional groups attached to an aromatic ring is 1. The van der Waals surface area contributed by atoms with Crippen LogP contribution in [-0.4, -0.2) is 16.6 Å². The van der Waals surface area contributed by atoms with Gasteiger partial charge in [0.05, 0.1) is 6.61 Å². The highest BCUT2D eigenvalue weighted by Gasteiger charge is 2.10. The molecule has 0 atom stereocenters. The Morgan fingerprint density at radius 3 is 2.71 bits per heavy atom. The summed E-state index contributed by atoms with van der Waals surface area (Å²) in [5.74, 6) is 0.436. The van der Waals surface area contributed by atoms with Gasteiger partial charge in [-0.25, -0.2) is 4.98 Å². The molecule has 0 amide bonds. The predicted molar refractivity (Wildman–Crippen MR) is 56.0 cm³/mol. The highest BCUT2D eigenvalue weighted by molar-refractivity contribution is 5.26. The molecule has 78 valence electrons. The summed E-state index contributed by atoms with van der Waals surface area (Å²) in [6.45, 7) is 7.11. The fourth-order valence-electron chi connectivity index (χ4n) is 0.872. The van der Waals surface area contributed by atoms with Crippen LogP contribution in [0.3, 0.4) is 0 Å². The molecule has 0 saturated heterocycles. The van der Waals surface area contributed by atoms with Crippen molar-refractivity contribution in [2.45, 2.75) is 27.2 Å². The number of hydrogen-bond donors (Lipinski definition) is 1. The highest BCUT2D eigenvalue weighted by atomic mass is 16.5. The minimum atomic E-state index is 0.264. The van der Waals surface area contributed by atoms with Crippen LogP contribution in [-0.2, 0) is 0 Å². The van der Waals surface area contributed by atoms with Crippen LogP contribution in [0, 0.1) is 5.41 Å². The second kappa shape index (κ2) is 4.26. The third kappa shape index (κ3) is 4.07. The molecule has 0 fully saturated rings. The zero-order valence-corrected chi connectivity index (χ0v) is 8.95. The third-order valence-corrected chi connectivity index (χ3v) is 1.74. The smallest absolute Gasteiger partial charge is 0.318 e. The quantitative estimate of drug-likeness (QED) is 0.799. The normalized spacial score (nSPS) is 11.4. The van der Waals surface area contributed by atoms with Gasteiger partial charge in [-0.1, -0.05) is 20.8 Å². The van der Waals surface area contributed by atoms with Crippen LogP contribution < -0.4 is 10.5 Å². The topological polar surface area (TPSA) is 61.0 Å². The fourth-order valence-corrected chi connectivity index (χ4v) is 0.872. The molecule has 0 aliphatic carbocycles. The van der Waals surface area contributed by atoms with Crippen LogP contribution in [0.2, 0.25) is 0 Å². The number of hydrogen-bond acceptors (Lipinski definition) is 4. The first kappa shape index (κ1) is 10.8. The lowest BCUT2D eigenvalue weighted by Crippen LogP contribution is -2.12. The van der Waals surface area contributed by atoms with Crippen molar-refractivity contribution < 1.29 is 4.74 Å². The van der Waals surface area contributed by atoms with E-state index < -0.39 is 0 Å². The van der Waals surface area contributed by atoms with E-state index in [1.807, 2.05) is 0 Å². The van der Waals surface area contributed by atoms with E-state index >= 15 is 0 Å². The van der Waals surface area contributed by atoms with Gasteiger partial charge in [-0.3, -0.25) is 0 Å². The van der Waals surface area contributed by atoms with Crippen LogP contribution in [0.5, 0.6) is 6.01 Å². The minimum Gasteiger partial charge on any atom is -0.463 e. The van der Waals surface area contributed by atoms with E-state index in [-0.39, 0.29) is 5.41 Å². The zero-order chi connectivity index (χ0) is 10.6. The summed E-state index contributed by atoms with van der Waals surface area (Å²) in [5.41, 5.74) is 5.75. The zero-order valence-electron chi connectivity index (χ0n) is 8.95. The molecule has 0 aliphatic heterocycles. The molecule has 1 rings (SSSR count). The molecular formula is C10H17N3O. The van der Waals surface area contributed by atoms with E-state index in [9.17, 15) is 0 Å². The third-order valence-electron chi connectivity index (χ3n) is 1.74. The molecule has 0 aromatic carbocycles. The SMILES string of the molecule is CC(C)(C)CCOc1nccc(N)n1. The van der Waals surface area contributed by atoms with E-state index in [1.54, 1.807) is 12.3 Å². The molecule has 1 aromatic heterocycles. The maximum atomic E-state index is 5.49. The molecule has 4 heteroatoms. The standard InChI is InChI=1S/C10H17N3O/c1-10(2,3)5-7-14-9-12-6-4-8(11)13-9/h4,6H,5,7H2,1-3H3,(H2,11,12,13). The van der Waals surface area contributed by atoms with Gasteiger partial charge in [-0.2, -0.15) is 4.98 Å². The highest BCUT2D eigenvalue weighted by Crippen LogP contribution is 2.18. The molecule has 4 nitrogen and oxygen atoms in total. The monoisotopic (exact) mass is 195 g/mol. The van der Waals surface area contributed by atoms with Gasteiger partial charge >= 0.3 is 6.01 Å². The Balaban J connectivity index is 2.39. The number of nitrogens with two attached hydrogens (primary N) is 1. The molecule has 0 unspecified atom stereocenters. The number of nitrogens with zero attached hydrogens (tertiary/aromatic N) is 2. The van der Waals surface area contributed by atoms with Crippen molar-refractivity contribution in [2.24, 2.45) is 5.41 Å². The van der Waals surface area contributed by atoms with E-state index in [4.69, 9.17) is 10.5 Å². The van der Waals surface area contributed by atoms with Crippen LogP contribution in [0.1, 0.15) is 27.2 Å². The van der Waals surface area contributed by atoms with Gasteiger partial charge in [-0.15, -0.1) is 0 Å². The maximum absolute atomic E-state index is 5.49. The van der Waals surface area contributed by atoms with Gasteiger partial charge in [0.15, 0.2) is 0 Å². The number of aromatic nitrogens is 2. The average Bonchev–Trinajstić information content (AvgIpc) is 2.01. The van der Waals surface area contributed by atoms with Gasteiger partial charge in [0.25, 0.3) is 0 Å². The molecule has 1 aromatic rings. The molecular weight excluding hydrogens is 178 g/mol. The Kier molecular flexibility index (Phi) is 3.28. The fraction of sp³-hybridized carbons (Fsp3) is 0.600. The molecule has 1 heterocycles. The van der Waals surface area contributed by atoms with Crippen molar-refractivity contribution in [1.29, 1.82) is 0 Å². The van der Waals surface area contributed by atoms with Crippen LogP contribution in [0.25, 0.3) is 0 Å². The lowest BCUT2D eigenvalue weighted by molar-refractivity contribution is 0.229. The molecule has 0 aliphatic rings. The second-order valence-corrected chi connectivity index (χ2v) is 4.42. The largest absolute Gasteiger partial charge is 0.463 e. The number of rotatable bonds is 3. The first-order valence-electron chi connectivity index (χ1n) is 4.69. The number of ether oxygens (including phenoxy) is 1. The Labute approximate surface area is 84.5 Å². The molecule has 0 spiro atoms. The Bertz CT molecular complexity index is 294. The Morgan fingerprint density at radius 2 is 2.14 bits per heavy atom. The van der Waals surface area contributed by atoms with E-state index in [2.05, 4.69) is 30.7 Å². The van der Waals surface area contributed by atoms with Crippen LogP contribution in [0.4, 0.5) is 5.82 Å². The van der Waals surface area contributed by atoms with Crippen LogP contribution >= 0.6 is 0 Å². The summed E-state index contributed by atoms with van der Waals surface area (Å²) in [7, 11) is 0. The summed E-state index contributed by atoms with van der Waals surface area (Å²) in [6, 6.07) is 1.99. The first-order valence-corrected chi connectivity index (χ1v) is 4.69. The average molecular weight is 195 g/mol. The van der Waals surface area contributed by atoms with Gasteiger partial charge in [-0.05, 0) is 17.9 Å². The van der Waals surface area contributed by atoms with Crippen LogP contribution in [0.15, 0.2) is 12.3 Å². The van der Waals surface area contributed by atoms with Crippen molar-refractivity contribution in [2.75, 3.05) is 12.3 Å². The first-order chi connectivity index (χ1) is 6.47. The maximum Gasteiger partial charge on any atom is 0.318 e. The van der Waals surface area contributed by atoms with Crippen molar-refractivity contribution >= 4 is 5.82 Å². The van der Waals surface area contributed by atoms with E-state index in [0.717, 1.165) is 6.42 Å². The van der Waals surface area contributed by atoms with Gasteiger partial charge in [0.1, 0.15) is 5.82 Å². The van der Waals surface area contributed by atoms with Gasteiger partial charge in [0.2, 0.25) is 0 Å². The summed E-state index contributed by atoms with van der Waals surface area (Å²) in [5, 5.41) is 0. The lowest BCUT2D eigenvalue weighted by atomic mass is 9.93. The molecule has 14 heavy (non-hydrogen) atoms. The summed E-state index contributed by atoms with van der Waals surface area (Å²) in [4.78, 5) is 7.88. The molecule has 2 N–H and O–H groups in total. The van der Waals surface area contributed by atoms with Crippen molar-refractivity contribution in [3.63, 3.8) is 0 Å². The molecule has 0 radical (unpaired) electrons. The van der Waals surface area contributed by atoms with Crippen molar-refractivity contribution in [3.05, 3.63) is 12.3 Å². The molecule has 0 saturated carbocycles. The van der Waals surface area contributed by atoms with E-state index in [0.29, 0.717) is 18.4 Å². The second-order valence-electron chi connectivity index (χ2n) is 4.42. The lowest BCUT2D eigenvalue weighted by Gasteiger charge is -2.17. The van der Waals surface area contributed by atoms with Crippen molar-refractivity contribution in [3.8, 4) is 6.01 Å². The minimum absolute atomic E-state index is 0.264. The Hall–Kier alpha value is -1.32. The summed E-state index contributed by atoms with van der Waals surface area (Å²) < 4.78 is 5.36. The Morgan fingerprint density at radius 1 is 1.43 bits per heavy atom. The predicted octanol–water partition coefficient (Wildman–Crippen LogP) is 1.87. The number of anilines is 1. The molecule has 0 bridgehead atoms. The summed E-state index contributed by atoms with van der Waals surface area (Å²) >= 11 is 0. The van der Waals surface area contributed by atoms with Crippen molar-refractivity contribution in [1.82, 2.24) is 9.97 Å². The van der Waals surface area contributed by atoms with E-state index in [1.165, 1.54) is 0 Å².